The van der Waals surface area contributed by atoms with E-state index in [1.807, 2.05) is 13.0 Å². The lowest BCUT2D eigenvalue weighted by Crippen LogP contribution is -2.61. The minimum Gasteiger partial charge on any atom is -0.461 e. The molecule has 154 valence electrons. The van der Waals surface area contributed by atoms with Gasteiger partial charge < -0.3 is 14.9 Å². The van der Waals surface area contributed by atoms with Crippen LogP contribution in [0.15, 0.2) is 23.8 Å². The summed E-state index contributed by atoms with van der Waals surface area (Å²) in [5.74, 6) is -0.181. The number of ketones is 1. The minimum absolute atomic E-state index is 0.00149. The van der Waals surface area contributed by atoms with Gasteiger partial charge in [0, 0.05) is 16.7 Å². The highest BCUT2D eigenvalue weighted by Crippen LogP contribution is 2.67. The number of aliphatic hydroxyl groups is 2. The summed E-state index contributed by atoms with van der Waals surface area (Å²) >= 11 is 0. The summed E-state index contributed by atoms with van der Waals surface area (Å²) in [6.07, 6.45) is 7.60. The number of ether oxygens (including phenoxy) is 1. The van der Waals surface area contributed by atoms with Crippen molar-refractivity contribution in [2.24, 2.45) is 28.6 Å². The van der Waals surface area contributed by atoms with Gasteiger partial charge in [-0.25, -0.2) is 4.79 Å². The summed E-state index contributed by atoms with van der Waals surface area (Å²) in [5.41, 5.74) is -1.48. The Bertz CT molecular complexity index is 767. The Morgan fingerprint density at radius 1 is 1.29 bits per heavy atom. The average molecular weight is 389 g/mol. The molecule has 0 amide bonds. The van der Waals surface area contributed by atoms with Gasteiger partial charge in [-0.15, -0.1) is 0 Å². The molecule has 28 heavy (non-hydrogen) atoms. The zero-order valence-electron chi connectivity index (χ0n) is 17.3. The number of carbonyl (C=O) groups is 2. The molecule has 5 nitrogen and oxygen atoms in total. The Balaban J connectivity index is 1.70. The zero-order chi connectivity index (χ0) is 20.5. The molecule has 4 aliphatic carbocycles. The largest absolute Gasteiger partial charge is 0.461 e. The number of allylic oxidation sites excluding steroid dienone is 4. The van der Waals surface area contributed by atoms with Crippen LogP contribution in [0.2, 0.25) is 0 Å². The predicted octanol–water partition coefficient (Wildman–Crippen LogP) is 2.95. The summed E-state index contributed by atoms with van der Waals surface area (Å²) in [5, 5.41) is 22.7. The number of aliphatic hydroxyl groups excluding tert-OH is 1. The standard InChI is InChI=1S/C23H32O5/c1-13(2)28-20(26)23(27)10-8-17-16-6-5-14-11-15(24)7-9-21(14,3)19(16)18(25)12-22(17,23)4/h7,9,11,13,16-19,25,27H,5-6,8,10,12H2,1-4H3. The highest BCUT2D eigenvalue weighted by atomic mass is 16.6. The second kappa shape index (κ2) is 6.27. The molecule has 4 aliphatic rings. The first-order chi connectivity index (χ1) is 13.0. The van der Waals surface area contributed by atoms with Crippen molar-refractivity contribution in [1.29, 1.82) is 0 Å². The van der Waals surface area contributed by atoms with Crippen molar-refractivity contribution >= 4 is 11.8 Å². The van der Waals surface area contributed by atoms with Crippen LogP contribution in [0.5, 0.6) is 0 Å². The van der Waals surface area contributed by atoms with E-state index in [0.717, 1.165) is 24.8 Å². The molecule has 0 aliphatic heterocycles. The fourth-order valence-electron chi connectivity index (χ4n) is 6.98. The molecule has 0 radical (unpaired) electrons. The molecule has 7 unspecified atom stereocenters. The molecule has 7 atom stereocenters. The van der Waals surface area contributed by atoms with Gasteiger partial charge in [0.05, 0.1) is 12.2 Å². The molecule has 0 aromatic rings. The van der Waals surface area contributed by atoms with Crippen LogP contribution in [0.4, 0.5) is 0 Å². The third-order valence-corrected chi connectivity index (χ3v) is 8.33. The lowest BCUT2D eigenvalue weighted by atomic mass is 9.46. The number of fused-ring (bicyclic) bond motifs is 5. The third kappa shape index (κ3) is 2.51. The summed E-state index contributed by atoms with van der Waals surface area (Å²) in [6, 6.07) is 0. The number of hydrogen-bond acceptors (Lipinski definition) is 5. The quantitative estimate of drug-likeness (QED) is 0.711. The van der Waals surface area contributed by atoms with Crippen molar-refractivity contribution in [2.75, 3.05) is 0 Å². The maximum Gasteiger partial charge on any atom is 0.338 e. The minimum atomic E-state index is -1.55. The van der Waals surface area contributed by atoms with Gasteiger partial charge in [0.2, 0.25) is 0 Å². The SMILES string of the molecule is CC(C)OC(=O)C1(O)CCC2C3CCC4=CC(=O)C=CC4(C)C3C(O)CC21C. The molecule has 4 rings (SSSR count). The summed E-state index contributed by atoms with van der Waals surface area (Å²) < 4.78 is 5.41. The van der Waals surface area contributed by atoms with E-state index in [2.05, 4.69) is 6.92 Å². The van der Waals surface area contributed by atoms with E-state index in [9.17, 15) is 19.8 Å². The number of esters is 1. The Kier molecular flexibility index (Phi) is 4.44. The Morgan fingerprint density at radius 2 is 2.00 bits per heavy atom. The summed E-state index contributed by atoms with van der Waals surface area (Å²) in [4.78, 5) is 24.7. The van der Waals surface area contributed by atoms with Gasteiger partial charge in [0.15, 0.2) is 11.4 Å². The van der Waals surface area contributed by atoms with Crippen molar-refractivity contribution < 1.29 is 24.5 Å². The molecule has 0 saturated heterocycles. The fourth-order valence-corrected chi connectivity index (χ4v) is 6.98. The zero-order valence-corrected chi connectivity index (χ0v) is 17.3. The normalized spacial score (nSPS) is 47.2. The maximum atomic E-state index is 12.8. The van der Waals surface area contributed by atoms with Crippen LogP contribution >= 0.6 is 0 Å². The van der Waals surface area contributed by atoms with Crippen molar-refractivity contribution in [3.05, 3.63) is 23.8 Å². The van der Waals surface area contributed by atoms with Crippen LogP contribution < -0.4 is 0 Å². The number of hydrogen-bond donors (Lipinski definition) is 2. The Morgan fingerprint density at radius 3 is 2.68 bits per heavy atom. The first-order valence-electron chi connectivity index (χ1n) is 10.6. The highest BCUT2D eigenvalue weighted by molar-refractivity contribution is 6.01. The molecule has 2 N–H and O–H groups in total. The van der Waals surface area contributed by atoms with E-state index in [1.165, 1.54) is 0 Å². The first kappa shape index (κ1) is 19.8. The lowest BCUT2D eigenvalue weighted by Gasteiger charge is -2.59. The monoisotopic (exact) mass is 388 g/mol. The van der Waals surface area contributed by atoms with E-state index in [0.29, 0.717) is 12.8 Å². The van der Waals surface area contributed by atoms with Gasteiger partial charge in [0.1, 0.15) is 0 Å². The molecule has 3 saturated carbocycles. The molecular weight excluding hydrogens is 356 g/mol. The van der Waals surface area contributed by atoms with E-state index < -0.39 is 23.1 Å². The molecule has 5 heteroatoms. The summed E-state index contributed by atoms with van der Waals surface area (Å²) in [7, 11) is 0. The van der Waals surface area contributed by atoms with Gasteiger partial charge in [-0.05, 0) is 69.9 Å². The van der Waals surface area contributed by atoms with Gasteiger partial charge >= 0.3 is 5.97 Å². The van der Waals surface area contributed by atoms with Crippen molar-refractivity contribution in [1.82, 2.24) is 0 Å². The molecular formula is C23H32O5. The summed E-state index contributed by atoms with van der Waals surface area (Å²) in [6.45, 7) is 7.65. The van der Waals surface area contributed by atoms with Crippen LogP contribution in [0.25, 0.3) is 0 Å². The second-order valence-electron chi connectivity index (χ2n) is 10.1. The Hall–Kier alpha value is -1.46. The topological polar surface area (TPSA) is 83.8 Å². The average Bonchev–Trinajstić information content (AvgIpc) is 2.87. The van der Waals surface area contributed by atoms with E-state index in [1.54, 1.807) is 26.0 Å². The van der Waals surface area contributed by atoms with Crippen LogP contribution in [-0.4, -0.2) is 39.8 Å². The van der Waals surface area contributed by atoms with Crippen LogP contribution in [0, 0.1) is 28.6 Å². The molecule has 3 fully saturated rings. The molecule has 0 bridgehead atoms. The second-order valence-corrected chi connectivity index (χ2v) is 10.1. The van der Waals surface area contributed by atoms with Crippen molar-refractivity contribution in [3.8, 4) is 0 Å². The van der Waals surface area contributed by atoms with Gasteiger partial charge in [-0.1, -0.05) is 25.5 Å². The smallest absolute Gasteiger partial charge is 0.338 e. The van der Waals surface area contributed by atoms with Gasteiger partial charge in [-0.3, -0.25) is 4.79 Å². The first-order valence-corrected chi connectivity index (χ1v) is 10.6. The molecule has 0 heterocycles. The molecule has 0 spiro atoms. The highest BCUT2D eigenvalue weighted by Gasteiger charge is 2.69. The maximum absolute atomic E-state index is 12.8. The number of carbonyl (C=O) groups excluding carboxylic acids is 2. The molecule has 0 aromatic carbocycles. The number of rotatable bonds is 2. The van der Waals surface area contributed by atoms with Gasteiger partial charge in [-0.2, -0.15) is 0 Å². The van der Waals surface area contributed by atoms with Crippen molar-refractivity contribution in [2.45, 2.75) is 77.6 Å². The van der Waals surface area contributed by atoms with Crippen LogP contribution in [0.1, 0.15) is 59.8 Å². The molecule has 0 aromatic heterocycles. The Labute approximate surface area is 166 Å². The van der Waals surface area contributed by atoms with Crippen LogP contribution in [0.3, 0.4) is 0 Å². The fraction of sp³-hybridized carbons (Fsp3) is 0.739. The lowest BCUT2D eigenvalue weighted by molar-refractivity contribution is -0.200. The van der Waals surface area contributed by atoms with E-state index >= 15 is 0 Å². The predicted molar refractivity (Wildman–Crippen MR) is 104 cm³/mol. The van der Waals surface area contributed by atoms with Crippen LogP contribution in [-0.2, 0) is 14.3 Å². The van der Waals surface area contributed by atoms with Crippen molar-refractivity contribution in [3.63, 3.8) is 0 Å². The third-order valence-electron chi connectivity index (χ3n) is 8.33. The van der Waals surface area contributed by atoms with E-state index in [-0.39, 0.29) is 35.1 Å². The van der Waals surface area contributed by atoms with Gasteiger partial charge in [0.25, 0.3) is 0 Å². The van der Waals surface area contributed by atoms with E-state index in [4.69, 9.17) is 4.74 Å².